The van der Waals surface area contributed by atoms with Crippen molar-refractivity contribution in [3.8, 4) is 33.8 Å². The highest BCUT2D eigenvalue weighted by Gasteiger charge is 2.25. The van der Waals surface area contributed by atoms with E-state index in [2.05, 4.69) is 159 Å². The fourth-order valence-corrected chi connectivity index (χ4v) is 8.36. The third kappa shape index (κ3) is 4.61. The van der Waals surface area contributed by atoms with Gasteiger partial charge in [0.2, 0.25) is 6.20 Å². The second-order valence-corrected chi connectivity index (χ2v) is 15.3. The summed E-state index contributed by atoms with van der Waals surface area (Å²) in [5, 5.41) is 14.8. The molecule has 10 rings (SSSR count). The molecule has 0 unspecified atom stereocenters. The molecular formula is C47H38N5O+. The first-order valence-corrected chi connectivity index (χ1v) is 18.2. The number of hydrogen-bond donors (Lipinski definition) is 1. The fourth-order valence-electron chi connectivity index (χ4n) is 8.36. The molecule has 0 amide bonds. The zero-order chi connectivity index (χ0) is 36.2. The van der Waals surface area contributed by atoms with E-state index in [1.165, 1.54) is 37.7 Å². The van der Waals surface area contributed by atoms with Crippen LogP contribution in [0, 0.1) is 13.8 Å². The molecule has 0 aliphatic carbocycles. The Morgan fingerprint density at radius 3 is 1.98 bits per heavy atom. The summed E-state index contributed by atoms with van der Waals surface area (Å²) in [6.07, 6.45) is 1.71. The number of benzene rings is 5. The highest BCUT2D eigenvalue weighted by Crippen LogP contribution is 2.39. The second-order valence-electron chi connectivity index (χ2n) is 15.3. The van der Waals surface area contributed by atoms with Gasteiger partial charge in [0, 0.05) is 38.6 Å². The number of imidazole rings is 1. The Labute approximate surface area is 306 Å². The molecule has 0 saturated carbocycles. The van der Waals surface area contributed by atoms with Gasteiger partial charge in [-0.1, -0.05) is 93.6 Å². The molecule has 5 aromatic carbocycles. The molecule has 6 heteroatoms. The van der Waals surface area contributed by atoms with Crippen molar-refractivity contribution < 1.29 is 9.94 Å². The van der Waals surface area contributed by atoms with Crippen molar-refractivity contribution >= 4 is 54.9 Å². The molecular weight excluding hydrogens is 651 g/mol. The van der Waals surface area contributed by atoms with Gasteiger partial charge in [0.15, 0.2) is 0 Å². The Morgan fingerprint density at radius 1 is 0.585 bits per heavy atom. The van der Waals surface area contributed by atoms with Crippen molar-refractivity contribution in [2.45, 2.75) is 40.0 Å². The Kier molecular flexibility index (Phi) is 6.62. The molecule has 0 saturated heterocycles. The monoisotopic (exact) mass is 688 g/mol. The van der Waals surface area contributed by atoms with E-state index < -0.39 is 0 Å². The molecule has 6 nitrogen and oxygen atoms in total. The summed E-state index contributed by atoms with van der Waals surface area (Å²) in [7, 11) is 0. The van der Waals surface area contributed by atoms with Crippen molar-refractivity contribution in [2.24, 2.45) is 0 Å². The lowest BCUT2D eigenvalue weighted by atomic mass is 9.85. The smallest absolute Gasteiger partial charge is 0.283 e. The van der Waals surface area contributed by atoms with Crippen molar-refractivity contribution in [1.29, 1.82) is 0 Å². The molecule has 256 valence electrons. The summed E-state index contributed by atoms with van der Waals surface area (Å²) >= 11 is 0. The van der Waals surface area contributed by atoms with Crippen molar-refractivity contribution in [1.82, 2.24) is 18.8 Å². The SMILES string of the molecule is Cc1cccc(C)c1-c1cc[n+](O)c(-c2cc(C(C)(C)C)cc(-c3cccc4c3nc3c5cccc6c7ccccc7n(c7ccccc7n43)c65)n2)c1. The van der Waals surface area contributed by atoms with Gasteiger partial charge in [-0.3, -0.25) is 9.61 Å². The number of rotatable bonds is 3. The largest absolute Gasteiger partial charge is 0.306 e. The van der Waals surface area contributed by atoms with Crippen LogP contribution in [0.2, 0.25) is 0 Å². The van der Waals surface area contributed by atoms with Crippen LogP contribution in [0.3, 0.4) is 0 Å². The van der Waals surface area contributed by atoms with E-state index in [9.17, 15) is 5.21 Å². The van der Waals surface area contributed by atoms with E-state index in [0.717, 1.165) is 61.0 Å². The summed E-state index contributed by atoms with van der Waals surface area (Å²) < 4.78 is 5.90. The first kappa shape index (κ1) is 31.2. The van der Waals surface area contributed by atoms with E-state index in [1.807, 2.05) is 12.1 Å². The van der Waals surface area contributed by atoms with Crippen LogP contribution in [-0.2, 0) is 5.41 Å². The average molecular weight is 689 g/mol. The number of fused-ring (bicyclic) bond motifs is 10. The summed E-state index contributed by atoms with van der Waals surface area (Å²) in [4.78, 5) is 10.8. The molecule has 0 radical (unpaired) electrons. The van der Waals surface area contributed by atoms with Crippen molar-refractivity contribution in [2.75, 3.05) is 0 Å². The van der Waals surface area contributed by atoms with Crippen LogP contribution >= 0.6 is 0 Å². The Bertz CT molecular complexity index is 3120. The fraction of sp³-hybridized carbons (Fsp3) is 0.128. The van der Waals surface area contributed by atoms with Gasteiger partial charge in [-0.2, -0.15) is 0 Å². The van der Waals surface area contributed by atoms with Gasteiger partial charge in [0.25, 0.3) is 5.69 Å². The highest BCUT2D eigenvalue weighted by molar-refractivity contribution is 6.19. The van der Waals surface area contributed by atoms with E-state index >= 15 is 0 Å². The average Bonchev–Trinajstić information content (AvgIpc) is 3.67. The minimum Gasteiger partial charge on any atom is -0.306 e. The maximum atomic E-state index is 11.3. The Morgan fingerprint density at radius 2 is 1.21 bits per heavy atom. The number of hydrogen-bond acceptors (Lipinski definition) is 3. The van der Waals surface area contributed by atoms with Crippen molar-refractivity contribution in [3.63, 3.8) is 0 Å². The molecule has 1 N–H and O–H groups in total. The molecule has 0 fully saturated rings. The van der Waals surface area contributed by atoms with E-state index in [0.29, 0.717) is 11.4 Å². The zero-order valence-corrected chi connectivity index (χ0v) is 30.4. The maximum Gasteiger partial charge on any atom is 0.283 e. The first-order valence-electron chi connectivity index (χ1n) is 18.2. The molecule has 0 spiro atoms. The maximum absolute atomic E-state index is 11.3. The molecule has 53 heavy (non-hydrogen) atoms. The number of para-hydroxylation sites is 5. The van der Waals surface area contributed by atoms with Crippen LogP contribution in [0.1, 0.15) is 37.5 Å². The summed E-state index contributed by atoms with van der Waals surface area (Å²) in [5.41, 5.74) is 15.9. The topological polar surface area (TPSA) is 58.7 Å². The predicted molar refractivity (Wildman–Crippen MR) is 216 cm³/mol. The molecule has 0 aliphatic rings. The van der Waals surface area contributed by atoms with Crippen LogP contribution in [-0.4, -0.2) is 24.0 Å². The van der Waals surface area contributed by atoms with E-state index in [-0.39, 0.29) is 5.41 Å². The van der Waals surface area contributed by atoms with Gasteiger partial charge < -0.3 is 4.40 Å². The predicted octanol–water partition coefficient (Wildman–Crippen LogP) is 11.0. The molecule has 5 aromatic heterocycles. The van der Waals surface area contributed by atoms with Crippen LogP contribution in [0.5, 0.6) is 0 Å². The van der Waals surface area contributed by atoms with Gasteiger partial charge in [-0.25, -0.2) is 9.97 Å². The molecule has 0 aliphatic heterocycles. The minimum absolute atomic E-state index is 0.182. The number of nitrogens with zero attached hydrogens (tertiary/aromatic N) is 5. The second kappa shape index (κ2) is 11.2. The van der Waals surface area contributed by atoms with Crippen LogP contribution in [0.4, 0.5) is 0 Å². The van der Waals surface area contributed by atoms with Crippen molar-refractivity contribution in [3.05, 3.63) is 150 Å². The molecule has 5 heterocycles. The van der Waals surface area contributed by atoms with Gasteiger partial charge in [-0.15, -0.1) is 0 Å². The van der Waals surface area contributed by atoms with Crippen LogP contribution in [0.25, 0.3) is 88.7 Å². The third-order valence-corrected chi connectivity index (χ3v) is 10.9. The van der Waals surface area contributed by atoms with Gasteiger partial charge in [-0.05, 0) is 89.5 Å². The van der Waals surface area contributed by atoms with Gasteiger partial charge >= 0.3 is 0 Å². The first-order chi connectivity index (χ1) is 25.7. The molecule has 0 bridgehead atoms. The molecule has 0 atom stereocenters. The standard InChI is InChI=1S/C47H38N5O/c1-28-13-10-14-29(2)43(28)30-23-24-50(53)42(25-30)37-27-31(47(3,4)5)26-36(48-37)34-17-12-22-41-44(34)49-46-35-18-11-16-33-32-15-6-7-19-38(32)51(45(33)35)39-20-8-9-21-40(39)52(41)46/h6-27,53H,1-5H3/q+1. The quantitative estimate of drug-likeness (QED) is 0.148. The number of aryl methyl sites for hydroxylation is 2. The summed E-state index contributed by atoms with van der Waals surface area (Å²) in [6, 6.07) is 44.9. The normalized spacial score (nSPS) is 12.3. The lowest BCUT2D eigenvalue weighted by molar-refractivity contribution is -0.896. The third-order valence-electron chi connectivity index (χ3n) is 10.9. The van der Waals surface area contributed by atoms with Gasteiger partial charge in [0.1, 0.15) is 11.3 Å². The lowest BCUT2D eigenvalue weighted by Crippen LogP contribution is -2.32. The van der Waals surface area contributed by atoms with Crippen LogP contribution in [0.15, 0.2) is 134 Å². The zero-order valence-electron chi connectivity index (χ0n) is 30.4. The Hall–Kier alpha value is -6.53. The van der Waals surface area contributed by atoms with Gasteiger partial charge in [0.05, 0.1) is 38.8 Å². The summed E-state index contributed by atoms with van der Waals surface area (Å²) in [6.45, 7) is 10.9. The summed E-state index contributed by atoms with van der Waals surface area (Å²) in [5.74, 6) is 0. The number of pyridine rings is 2. The van der Waals surface area contributed by atoms with Crippen LogP contribution < -0.4 is 4.73 Å². The number of aromatic nitrogens is 5. The molecule has 10 aromatic rings. The highest BCUT2D eigenvalue weighted by atomic mass is 16.5. The minimum atomic E-state index is -0.182. The Balaban J connectivity index is 1.28. The van der Waals surface area contributed by atoms with E-state index in [4.69, 9.17) is 9.97 Å². The van der Waals surface area contributed by atoms with E-state index in [1.54, 1.807) is 6.20 Å². The lowest BCUT2D eigenvalue weighted by Gasteiger charge is -2.20.